The van der Waals surface area contributed by atoms with E-state index < -0.39 is 24.2 Å². The first-order valence-electron chi connectivity index (χ1n) is 19.0. The fourth-order valence-corrected chi connectivity index (χ4v) is 8.03. The predicted octanol–water partition coefficient (Wildman–Crippen LogP) is 13.3. The van der Waals surface area contributed by atoms with Crippen LogP contribution in [0.5, 0.6) is 0 Å². The maximum Gasteiger partial charge on any atom is 0.143 e. The number of benzene rings is 8. The van der Waals surface area contributed by atoms with Crippen molar-refractivity contribution in [2.45, 2.75) is 0 Å². The van der Waals surface area contributed by atoms with E-state index in [1.54, 1.807) is 35.6 Å². The molecule has 2 aromatic heterocycles. The van der Waals surface area contributed by atoms with Crippen LogP contribution >= 0.6 is 11.3 Å². The van der Waals surface area contributed by atoms with Gasteiger partial charge in [-0.2, -0.15) is 0 Å². The summed E-state index contributed by atoms with van der Waals surface area (Å²) < 4.78 is 81.6. The van der Waals surface area contributed by atoms with Crippen molar-refractivity contribution in [2.24, 2.45) is 0 Å². The molecule has 0 aliphatic rings. The van der Waals surface area contributed by atoms with Gasteiger partial charge in [-0.3, -0.25) is 0 Å². The predicted molar refractivity (Wildman–Crippen MR) is 198 cm³/mol. The van der Waals surface area contributed by atoms with E-state index in [0.29, 0.717) is 38.8 Å². The molecule has 1 nitrogen and oxygen atoms in total. The molecule has 214 valence electrons. The lowest BCUT2D eigenvalue weighted by Gasteiger charge is -2.18. The van der Waals surface area contributed by atoms with Gasteiger partial charge in [0, 0.05) is 36.5 Å². The molecular formula is C44H26OS. The van der Waals surface area contributed by atoms with Crippen molar-refractivity contribution in [3.63, 3.8) is 0 Å². The van der Waals surface area contributed by atoms with Crippen LogP contribution in [0.2, 0.25) is 0 Å². The highest BCUT2D eigenvalue weighted by Crippen LogP contribution is 2.49. The lowest BCUT2D eigenvalue weighted by atomic mass is 9.84. The molecule has 0 aliphatic heterocycles. The number of thiophene rings is 1. The first-order valence-corrected chi connectivity index (χ1v) is 15.8. The molecule has 0 radical (unpaired) electrons. The summed E-state index contributed by atoms with van der Waals surface area (Å²) in [5, 5.41) is 4.43. The van der Waals surface area contributed by atoms with Gasteiger partial charge in [-0.05, 0) is 79.7 Å². The molecule has 0 aliphatic carbocycles. The van der Waals surface area contributed by atoms with Crippen molar-refractivity contribution in [3.05, 3.63) is 158 Å². The summed E-state index contributed by atoms with van der Waals surface area (Å²) in [5.41, 5.74) is 4.64. The Morgan fingerprint density at radius 2 is 1.07 bits per heavy atom. The Labute approximate surface area is 280 Å². The second-order valence-corrected chi connectivity index (χ2v) is 12.5. The highest BCUT2D eigenvalue weighted by atomic mass is 32.1. The summed E-state index contributed by atoms with van der Waals surface area (Å²) in [6.45, 7) is 0. The molecule has 0 N–H and O–H groups in total. The lowest BCUT2D eigenvalue weighted by Crippen LogP contribution is -1.91. The van der Waals surface area contributed by atoms with Crippen LogP contribution in [0.4, 0.5) is 0 Å². The highest BCUT2D eigenvalue weighted by molar-refractivity contribution is 7.25. The molecular weight excluding hydrogens is 577 g/mol. The van der Waals surface area contributed by atoms with Gasteiger partial charge in [0.15, 0.2) is 0 Å². The quantitative estimate of drug-likeness (QED) is 0.181. The largest absolute Gasteiger partial charge is 0.455 e. The van der Waals surface area contributed by atoms with Crippen molar-refractivity contribution < 1.29 is 15.4 Å². The zero-order chi connectivity index (χ0) is 37.2. The standard InChI is InChI=1S/C44H26OS/c1-2-12-27(13-3-1)41-31-15-4-6-17-33(31)42(34-18-7-5-16-32(34)41)36-24-23-29(44-43(36)35-19-8-10-20-38(35)45-44)28-22-25-40-37(26-28)30-14-9-11-21-39(30)46-40/h1-26H/i4D,5D,6D,7D,15D,16D,17D,18D. The van der Waals surface area contributed by atoms with Crippen molar-refractivity contribution in [3.8, 4) is 33.4 Å². The number of rotatable bonds is 3. The Kier molecular flexibility index (Phi) is 4.08. The number of para-hydroxylation sites is 1. The summed E-state index contributed by atoms with van der Waals surface area (Å²) in [5.74, 6) is 0. The summed E-state index contributed by atoms with van der Waals surface area (Å²) in [7, 11) is 0. The van der Waals surface area contributed by atoms with Crippen molar-refractivity contribution in [1.82, 2.24) is 0 Å². The highest BCUT2D eigenvalue weighted by Gasteiger charge is 2.22. The van der Waals surface area contributed by atoms with E-state index in [4.69, 9.17) is 9.90 Å². The molecule has 10 rings (SSSR count). The Morgan fingerprint density at radius 1 is 0.457 bits per heavy atom. The van der Waals surface area contributed by atoms with E-state index in [9.17, 15) is 5.48 Å². The van der Waals surface area contributed by atoms with Gasteiger partial charge in [0.25, 0.3) is 0 Å². The monoisotopic (exact) mass is 610 g/mol. The number of furan rings is 1. The third kappa shape index (κ3) is 3.68. The third-order valence-corrected chi connectivity index (χ3v) is 10.1. The molecule has 10 aromatic rings. The third-order valence-electron chi connectivity index (χ3n) is 8.92. The molecule has 8 aromatic carbocycles. The van der Waals surface area contributed by atoms with E-state index in [1.807, 2.05) is 54.6 Å². The van der Waals surface area contributed by atoms with Crippen LogP contribution in [0.15, 0.2) is 162 Å². The van der Waals surface area contributed by atoms with E-state index in [2.05, 4.69) is 30.3 Å². The normalized spacial score (nSPS) is 14.3. The smallest absolute Gasteiger partial charge is 0.143 e. The molecule has 0 fully saturated rings. The van der Waals surface area contributed by atoms with Gasteiger partial charge in [0.2, 0.25) is 0 Å². The van der Waals surface area contributed by atoms with Gasteiger partial charge in [0.05, 0.1) is 11.0 Å². The van der Waals surface area contributed by atoms with Gasteiger partial charge in [0.1, 0.15) is 11.2 Å². The van der Waals surface area contributed by atoms with Gasteiger partial charge in [-0.25, -0.2) is 0 Å². The summed E-state index contributed by atoms with van der Waals surface area (Å²) in [6.07, 6.45) is 0. The molecule has 2 heteroatoms. The van der Waals surface area contributed by atoms with Crippen LogP contribution in [-0.4, -0.2) is 0 Å². The molecule has 0 amide bonds. The van der Waals surface area contributed by atoms with Crippen molar-refractivity contribution in [1.29, 1.82) is 0 Å². The zero-order valence-corrected chi connectivity index (χ0v) is 25.0. The van der Waals surface area contributed by atoms with Crippen LogP contribution in [0.3, 0.4) is 0 Å². The Hall–Kier alpha value is -5.70. The second-order valence-electron chi connectivity index (χ2n) is 11.4. The molecule has 0 saturated carbocycles. The van der Waals surface area contributed by atoms with Crippen LogP contribution < -0.4 is 0 Å². The Balaban J connectivity index is 1.43. The van der Waals surface area contributed by atoms with E-state index in [0.717, 1.165) is 32.0 Å². The van der Waals surface area contributed by atoms with E-state index in [1.165, 1.54) is 4.70 Å². The minimum atomic E-state index is -0.436. The molecule has 0 atom stereocenters. The molecule has 0 saturated heterocycles. The molecule has 0 unspecified atom stereocenters. The average molecular weight is 611 g/mol. The summed E-state index contributed by atoms with van der Waals surface area (Å²) in [4.78, 5) is 0. The minimum absolute atomic E-state index is 0.169. The van der Waals surface area contributed by atoms with Crippen LogP contribution in [0.25, 0.3) is 97.0 Å². The van der Waals surface area contributed by atoms with Gasteiger partial charge < -0.3 is 4.42 Å². The number of hydrogen-bond donors (Lipinski definition) is 0. The van der Waals surface area contributed by atoms with Crippen molar-refractivity contribution >= 4 is 75.0 Å². The minimum Gasteiger partial charge on any atom is -0.455 e. The van der Waals surface area contributed by atoms with Crippen molar-refractivity contribution in [2.75, 3.05) is 0 Å². The van der Waals surface area contributed by atoms with Gasteiger partial charge in [-0.15, -0.1) is 11.3 Å². The molecule has 46 heavy (non-hydrogen) atoms. The summed E-state index contributed by atoms with van der Waals surface area (Å²) >= 11 is 1.74. The number of hydrogen-bond acceptors (Lipinski definition) is 2. The van der Waals surface area contributed by atoms with Crippen LogP contribution in [-0.2, 0) is 0 Å². The summed E-state index contributed by atoms with van der Waals surface area (Å²) in [6, 6.07) is 32.2. The Bertz CT molecular complexity index is 3180. The molecule has 2 heterocycles. The maximum atomic E-state index is 9.40. The van der Waals surface area contributed by atoms with Crippen LogP contribution in [0.1, 0.15) is 11.0 Å². The number of fused-ring (bicyclic) bond motifs is 8. The first-order chi connectivity index (χ1) is 26.2. The van der Waals surface area contributed by atoms with E-state index in [-0.39, 0.29) is 45.7 Å². The Morgan fingerprint density at radius 3 is 1.83 bits per heavy atom. The lowest BCUT2D eigenvalue weighted by molar-refractivity contribution is 0.670. The van der Waals surface area contributed by atoms with Crippen LogP contribution in [0, 0.1) is 0 Å². The molecule has 0 bridgehead atoms. The van der Waals surface area contributed by atoms with E-state index >= 15 is 0 Å². The molecule has 0 spiro atoms. The van der Waals surface area contributed by atoms with Gasteiger partial charge in [-0.1, -0.05) is 127 Å². The van der Waals surface area contributed by atoms with Gasteiger partial charge >= 0.3 is 0 Å². The maximum absolute atomic E-state index is 9.40. The topological polar surface area (TPSA) is 13.1 Å². The fraction of sp³-hybridized carbons (Fsp3) is 0. The second kappa shape index (κ2) is 9.90. The SMILES string of the molecule is [2H]c1c([2H])c([2H])c2c(-c3ccc(-c4ccc5sc6ccccc6c5c4)c4oc5ccccc5c34)c3c([2H])c([2H])c([2H])c([2H])c3c(-c3ccccc3)c2c1[2H]. The fourth-order valence-electron chi connectivity index (χ4n) is 6.95. The zero-order valence-electron chi connectivity index (χ0n) is 32.2. The average Bonchev–Trinajstić information content (AvgIpc) is 3.78. The first kappa shape index (κ1) is 19.0.